The second kappa shape index (κ2) is 7.89. The van der Waals surface area contributed by atoms with Crippen molar-refractivity contribution in [2.75, 3.05) is 11.9 Å². The van der Waals surface area contributed by atoms with Crippen LogP contribution in [-0.2, 0) is 23.9 Å². The average Bonchev–Trinajstić information content (AvgIpc) is 3.33. The quantitative estimate of drug-likeness (QED) is 0.330. The number of halogens is 1. The number of alkyl halides is 1. The summed E-state index contributed by atoms with van der Waals surface area (Å²) in [6.07, 6.45) is 7.33. The molecule has 4 saturated carbocycles. The zero-order chi connectivity index (χ0) is 23.6. The zero-order valence-electron chi connectivity index (χ0n) is 19.1. The first-order chi connectivity index (χ1) is 15.6. The summed E-state index contributed by atoms with van der Waals surface area (Å²) in [4.78, 5) is 36.2. The van der Waals surface area contributed by atoms with Gasteiger partial charge < -0.3 is 24.5 Å². The van der Waals surface area contributed by atoms with Gasteiger partial charge in [-0.25, -0.2) is 4.79 Å². The number of carbonyl (C=O) groups is 3. The molecule has 2 N–H and O–H groups in total. The van der Waals surface area contributed by atoms with Crippen molar-refractivity contribution in [2.45, 2.75) is 82.0 Å². The molecule has 0 bridgehead atoms. The molecule has 0 amide bonds. The Morgan fingerprint density at radius 3 is 2.61 bits per heavy atom. The maximum absolute atomic E-state index is 12.7. The molecular formula is C25H33BrO7. The lowest BCUT2D eigenvalue weighted by Gasteiger charge is -2.65. The molecule has 0 saturated heterocycles. The highest BCUT2D eigenvalue weighted by Gasteiger charge is 2.71. The fourth-order valence-electron chi connectivity index (χ4n) is 8.64. The summed E-state index contributed by atoms with van der Waals surface area (Å²) in [6.45, 7) is 2.44. The first-order valence-electron chi connectivity index (χ1n) is 12.2. The van der Waals surface area contributed by atoms with Crippen LogP contribution in [0.15, 0.2) is 11.6 Å². The molecule has 5 aliphatic rings. The van der Waals surface area contributed by atoms with E-state index in [1.54, 1.807) is 6.08 Å². The highest BCUT2D eigenvalue weighted by molar-refractivity contribution is 9.09. The van der Waals surface area contributed by atoms with Crippen molar-refractivity contribution in [3.05, 3.63) is 11.6 Å². The number of cyclic esters (lactones) is 1. The van der Waals surface area contributed by atoms with Crippen molar-refractivity contribution in [3.8, 4) is 0 Å². The minimum absolute atomic E-state index is 0.0855. The average molecular weight is 525 g/mol. The molecule has 33 heavy (non-hydrogen) atoms. The molecule has 0 aromatic heterocycles. The van der Waals surface area contributed by atoms with E-state index in [0.717, 1.165) is 31.1 Å². The molecule has 0 aromatic rings. The van der Waals surface area contributed by atoms with Gasteiger partial charge >= 0.3 is 11.9 Å². The normalized spacial score (nSPS) is 48.7. The molecular weight excluding hydrogens is 492 g/mol. The Morgan fingerprint density at radius 1 is 1.18 bits per heavy atom. The van der Waals surface area contributed by atoms with Gasteiger partial charge in [0.15, 0.2) is 0 Å². The fraction of sp³-hybridized carbons (Fsp3) is 0.800. The predicted octanol–water partition coefficient (Wildman–Crippen LogP) is 2.84. The summed E-state index contributed by atoms with van der Waals surface area (Å²) in [7, 11) is 0. The number of aldehydes is 1. The smallest absolute Gasteiger partial charge is 0.331 e. The van der Waals surface area contributed by atoms with Crippen molar-refractivity contribution in [1.82, 2.24) is 0 Å². The SMILES string of the molecule is CC12CCC3C(CCC4(O)CC(OC(=O)CBr)CCC34C=O)C1(O)CCC2C1=CC(=O)OC1. The van der Waals surface area contributed by atoms with Gasteiger partial charge in [-0.1, -0.05) is 22.9 Å². The fourth-order valence-corrected chi connectivity index (χ4v) is 8.77. The van der Waals surface area contributed by atoms with Crippen molar-refractivity contribution in [3.63, 3.8) is 0 Å². The second-order valence-corrected chi connectivity index (χ2v) is 11.8. The molecule has 8 unspecified atom stereocenters. The van der Waals surface area contributed by atoms with E-state index in [2.05, 4.69) is 22.9 Å². The summed E-state index contributed by atoms with van der Waals surface area (Å²) in [5, 5.41) is 24.1. The molecule has 7 nitrogen and oxygen atoms in total. The highest BCUT2D eigenvalue weighted by Crippen LogP contribution is 2.70. The Balaban J connectivity index is 1.44. The van der Waals surface area contributed by atoms with Crippen molar-refractivity contribution in [1.29, 1.82) is 0 Å². The van der Waals surface area contributed by atoms with E-state index in [4.69, 9.17) is 9.47 Å². The standard InChI is InChI=1S/C25H33BrO7/c1-22-6-3-18-19(25(22,31)9-5-17(22)15-10-20(28)32-13-15)4-8-24(30)11-16(33-21(29)12-26)2-7-23(18,24)14-27/h10,14,16-19,30-31H,2-9,11-13H2,1H3. The number of aliphatic hydroxyl groups is 2. The van der Waals surface area contributed by atoms with Crippen LogP contribution in [0.3, 0.4) is 0 Å². The minimum Gasteiger partial charge on any atom is -0.462 e. The van der Waals surface area contributed by atoms with Crippen LogP contribution in [0.5, 0.6) is 0 Å². The second-order valence-electron chi connectivity index (χ2n) is 11.2. The number of esters is 2. The molecule has 1 heterocycles. The lowest BCUT2D eigenvalue weighted by atomic mass is 9.41. The van der Waals surface area contributed by atoms with E-state index in [1.165, 1.54) is 0 Å². The summed E-state index contributed by atoms with van der Waals surface area (Å²) < 4.78 is 10.7. The number of fused-ring (bicyclic) bond motifs is 5. The molecule has 182 valence electrons. The largest absolute Gasteiger partial charge is 0.462 e. The summed E-state index contributed by atoms with van der Waals surface area (Å²) in [5.41, 5.74) is -2.54. The Hall–Kier alpha value is -1.25. The van der Waals surface area contributed by atoms with Crippen LogP contribution in [0.4, 0.5) is 0 Å². The van der Waals surface area contributed by atoms with Gasteiger partial charge in [-0.3, -0.25) is 4.79 Å². The first kappa shape index (κ1) is 23.5. The molecule has 4 aliphatic carbocycles. The van der Waals surface area contributed by atoms with Crippen LogP contribution >= 0.6 is 15.9 Å². The van der Waals surface area contributed by atoms with E-state index in [9.17, 15) is 24.6 Å². The van der Waals surface area contributed by atoms with Crippen LogP contribution in [-0.4, -0.2) is 57.7 Å². The van der Waals surface area contributed by atoms with E-state index in [-0.39, 0.29) is 41.4 Å². The van der Waals surface area contributed by atoms with Gasteiger partial charge in [0.05, 0.1) is 16.6 Å². The maximum Gasteiger partial charge on any atom is 0.331 e. The van der Waals surface area contributed by atoms with Gasteiger partial charge in [0, 0.05) is 17.9 Å². The Morgan fingerprint density at radius 2 is 1.94 bits per heavy atom. The predicted molar refractivity (Wildman–Crippen MR) is 121 cm³/mol. The molecule has 5 rings (SSSR count). The van der Waals surface area contributed by atoms with E-state index in [0.29, 0.717) is 38.7 Å². The number of hydrogen-bond acceptors (Lipinski definition) is 7. The van der Waals surface area contributed by atoms with Crippen molar-refractivity contribution < 1.29 is 34.1 Å². The molecule has 8 heteroatoms. The number of carbonyl (C=O) groups excluding carboxylic acids is 3. The Labute approximate surface area is 202 Å². The first-order valence-corrected chi connectivity index (χ1v) is 13.3. The topological polar surface area (TPSA) is 110 Å². The minimum atomic E-state index is -1.23. The van der Waals surface area contributed by atoms with Crippen molar-refractivity contribution in [2.24, 2.45) is 28.6 Å². The van der Waals surface area contributed by atoms with Crippen LogP contribution in [0.2, 0.25) is 0 Å². The lowest BCUT2D eigenvalue weighted by molar-refractivity contribution is -0.249. The van der Waals surface area contributed by atoms with E-state index in [1.807, 2.05) is 0 Å². The number of ether oxygens (including phenoxy) is 2. The van der Waals surface area contributed by atoms with E-state index < -0.39 is 28.1 Å². The molecule has 1 aliphatic heterocycles. The van der Waals surface area contributed by atoms with Gasteiger partial charge in [-0.15, -0.1) is 0 Å². The van der Waals surface area contributed by atoms with Gasteiger partial charge in [-0.2, -0.15) is 0 Å². The highest BCUT2D eigenvalue weighted by atomic mass is 79.9. The van der Waals surface area contributed by atoms with Gasteiger partial charge in [0.2, 0.25) is 0 Å². The summed E-state index contributed by atoms with van der Waals surface area (Å²) >= 11 is 3.11. The van der Waals surface area contributed by atoms with Gasteiger partial charge in [0.25, 0.3) is 0 Å². The van der Waals surface area contributed by atoms with Crippen molar-refractivity contribution >= 4 is 34.2 Å². The third-order valence-corrected chi connectivity index (χ3v) is 10.7. The van der Waals surface area contributed by atoms with Crippen LogP contribution in [0, 0.1) is 28.6 Å². The van der Waals surface area contributed by atoms with Gasteiger partial charge in [0.1, 0.15) is 24.3 Å². The van der Waals surface area contributed by atoms with Crippen LogP contribution in [0.25, 0.3) is 0 Å². The molecule has 0 spiro atoms. The summed E-state index contributed by atoms with van der Waals surface area (Å²) in [6, 6.07) is 0. The number of hydrogen-bond donors (Lipinski definition) is 2. The molecule has 4 fully saturated rings. The zero-order valence-corrected chi connectivity index (χ0v) is 20.6. The van der Waals surface area contributed by atoms with E-state index >= 15 is 0 Å². The van der Waals surface area contributed by atoms with Gasteiger partial charge in [-0.05, 0) is 74.7 Å². The number of rotatable bonds is 4. The molecule has 0 aromatic carbocycles. The molecule has 8 atom stereocenters. The Kier molecular flexibility index (Phi) is 5.61. The third kappa shape index (κ3) is 3.16. The third-order valence-electron chi connectivity index (χ3n) is 10.2. The van der Waals surface area contributed by atoms with Crippen LogP contribution < -0.4 is 0 Å². The monoisotopic (exact) mass is 524 g/mol. The summed E-state index contributed by atoms with van der Waals surface area (Å²) in [5.74, 6) is -0.792. The lowest BCUT2D eigenvalue weighted by Crippen LogP contribution is -2.69. The maximum atomic E-state index is 12.7. The Bertz CT molecular complexity index is 903. The van der Waals surface area contributed by atoms with Crippen LogP contribution in [0.1, 0.15) is 64.7 Å². The molecule has 0 radical (unpaired) electrons.